The molecule has 4 aromatic rings. The zero-order valence-corrected chi connectivity index (χ0v) is 25.0. The molecule has 12 nitrogen and oxygen atoms in total. The van der Waals surface area contributed by atoms with Gasteiger partial charge in [0.25, 0.3) is 0 Å². The Balaban J connectivity index is 1.59. The number of aliphatic hydroxyl groups excluding tert-OH is 1. The van der Waals surface area contributed by atoms with E-state index >= 15 is 0 Å². The van der Waals surface area contributed by atoms with Crippen LogP contribution in [-0.2, 0) is 15.6 Å². The summed E-state index contributed by atoms with van der Waals surface area (Å²) in [6, 6.07) is 18.4. The first-order chi connectivity index (χ1) is 19.9. The molecule has 2 aromatic carbocycles. The molecular weight excluding hydrogens is 558 g/mol. The Kier molecular flexibility index (Phi) is 9.14. The Bertz CT molecular complexity index is 1620. The van der Waals surface area contributed by atoms with Gasteiger partial charge in [0.05, 0.1) is 30.2 Å². The fraction of sp³-hybridized carbons (Fsp3) is 0.276. The van der Waals surface area contributed by atoms with E-state index < -0.39 is 16.2 Å². The van der Waals surface area contributed by atoms with Gasteiger partial charge in [-0.1, -0.05) is 26.8 Å². The van der Waals surface area contributed by atoms with Gasteiger partial charge in [0.15, 0.2) is 0 Å². The molecule has 13 heteroatoms. The van der Waals surface area contributed by atoms with Crippen LogP contribution in [0.25, 0.3) is 5.69 Å². The minimum Gasteiger partial charge on any atom is -0.457 e. The molecule has 3 N–H and O–H groups in total. The summed E-state index contributed by atoms with van der Waals surface area (Å²) in [6.45, 7) is 5.51. The lowest BCUT2D eigenvalue weighted by Crippen LogP contribution is -2.41. The molecule has 0 saturated carbocycles. The van der Waals surface area contributed by atoms with Crippen LogP contribution in [0, 0.1) is 0 Å². The van der Waals surface area contributed by atoms with Crippen molar-refractivity contribution in [1.82, 2.24) is 19.1 Å². The summed E-state index contributed by atoms with van der Waals surface area (Å²) >= 11 is 0. The van der Waals surface area contributed by atoms with E-state index in [1.165, 1.54) is 14.1 Å². The molecule has 0 atom stereocenters. The first kappa shape index (κ1) is 30.5. The minimum atomic E-state index is -3.87. The molecule has 0 aliphatic heterocycles. The highest BCUT2D eigenvalue weighted by Gasteiger charge is 2.26. The summed E-state index contributed by atoms with van der Waals surface area (Å²) in [5.74, 6) is 1.64. The smallest absolute Gasteiger partial charge is 0.324 e. The van der Waals surface area contributed by atoms with Crippen molar-refractivity contribution in [1.29, 1.82) is 0 Å². The minimum absolute atomic E-state index is 0.129. The monoisotopic (exact) mass is 593 g/mol. The van der Waals surface area contributed by atoms with E-state index in [4.69, 9.17) is 9.84 Å². The van der Waals surface area contributed by atoms with Gasteiger partial charge in [-0.2, -0.15) is 17.8 Å². The fourth-order valence-electron chi connectivity index (χ4n) is 3.91. The van der Waals surface area contributed by atoms with E-state index in [9.17, 15) is 18.3 Å². The number of rotatable bonds is 10. The molecule has 0 fully saturated rings. The summed E-state index contributed by atoms with van der Waals surface area (Å²) in [6.07, 6.45) is 3.27. The highest BCUT2D eigenvalue weighted by molar-refractivity contribution is 7.90. The van der Waals surface area contributed by atoms with Crippen LogP contribution < -0.4 is 19.7 Å². The Labute approximate surface area is 245 Å². The maximum absolute atomic E-state index is 13.0. The standard InChI is InChI=1S/C29H35N7O5S/c1-29(2,3)26-20-27(32-28(38)31-21-9-11-24(12-10-21)41-25-13-15-30-16-14-25)36(33-26)23-8-6-7-22(19-23)35(17-18-37)42(39,40)34(4)5/h6-16,19-20,37H,17-18H2,1-5H3,(H2,31,32,38). The molecule has 0 aliphatic rings. The number of hydrogen-bond acceptors (Lipinski definition) is 7. The molecule has 0 spiro atoms. The molecule has 0 saturated heterocycles. The number of pyridine rings is 1. The lowest BCUT2D eigenvalue weighted by molar-refractivity contribution is 0.262. The van der Waals surface area contributed by atoms with Crippen molar-refractivity contribution in [2.24, 2.45) is 0 Å². The van der Waals surface area contributed by atoms with E-state index in [1.807, 2.05) is 20.8 Å². The number of hydrogen-bond donors (Lipinski definition) is 3. The van der Waals surface area contributed by atoms with Crippen molar-refractivity contribution in [3.05, 3.63) is 84.8 Å². The second-order valence-electron chi connectivity index (χ2n) is 10.6. The number of anilines is 3. The zero-order valence-electron chi connectivity index (χ0n) is 24.1. The first-order valence-electron chi connectivity index (χ1n) is 13.2. The Morgan fingerprint density at radius 2 is 1.64 bits per heavy atom. The summed E-state index contributed by atoms with van der Waals surface area (Å²) in [7, 11) is -1.02. The van der Waals surface area contributed by atoms with Gasteiger partial charge in [-0.15, -0.1) is 0 Å². The average molecular weight is 594 g/mol. The number of nitrogens with zero attached hydrogens (tertiary/aromatic N) is 5. The van der Waals surface area contributed by atoms with Crippen LogP contribution in [0.15, 0.2) is 79.1 Å². The molecule has 4 rings (SSSR count). The third-order valence-electron chi connectivity index (χ3n) is 6.12. The summed E-state index contributed by atoms with van der Waals surface area (Å²) in [5.41, 5.74) is 1.79. The van der Waals surface area contributed by atoms with E-state index in [2.05, 4.69) is 15.6 Å². The molecular formula is C29H35N7O5S. The molecule has 0 aliphatic carbocycles. The summed E-state index contributed by atoms with van der Waals surface area (Å²) in [5, 5.41) is 20.0. The normalized spacial score (nSPS) is 11.8. The number of aliphatic hydroxyl groups is 1. The summed E-state index contributed by atoms with van der Waals surface area (Å²) in [4.78, 5) is 17.0. The van der Waals surface area contributed by atoms with Gasteiger partial charge in [-0.3, -0.25) is 14.6 Å². The zero-order chi connectivity index (χ0) is 30.5. The van der Waals surface area contributed by atoms with E-state index in [1.54, 1.807) is 83.8 Å². The lowest BCUT2D eigenvalue weighted by Gasteiger charge is -2.27. The number of urea groups is 1. The first-order valence-corrected chi connectivity index (χ1v) is 14.6. The van der Waals surface area contributed by atoms with Gasteiger partial charge in [0.2, 0.25) is 0 Å². The van der Waals surface area contributed by atoms with Crippen LogP contribution in [0.2, 0.25) is 0 Å². The number of aromatic nitrogens is 3. The maximum Gasteiger partial charge on any atom is 0.324 e. The predicted molar refractivity (Wildman–Crippen MR) is 163 cm³/mol. The van der Waals surface area contributed by atoms with Crippen molar-refractivity contribution in [3.8, 4) is 17.2 Å². The van der Waals surface area contributed by atoms with Crippen molar-refractivity contribution >= 4 is 33.4 Å². The predicted octanol–water partition coefficient (Wildman–Crippen LogP) is 4.61. The van der Waals surface area contributed by atoms with E-state index in [0.717, 1.165) is 8.61 Å². The molecule has 0 bridgehead atoms. The Morgan fingerprint density at radius 1 is 0.976 bits per heavy atom. The van der Waals surface area contributed by atoms with Gasteiger partial charge in [-0.25, -0.2) is 9.48 Å². The topological polar surface area (TPSA) is 142 Å². The molecule has 0 radical (unpaired) electrons. The number of ether oxygens (including phenoxy) is 1. The number of benzene rings is 2. The largest absolute Gasteiger partial charge is 0.457 e. The van der Waals surface area contributed by atoms with Crippen LogP contribution in [0.1, 0.15) is 26.5 Å². The number of carbonyl (C=O) groups is 1. The fourth-order valence-corrected chi connectivity index (χ4v) is 4.99. The molecule has 2 heterocycles. The molecule has 42 heavy (non-hydrogen) atoms. The highest BCUT2D eigenvalue weighted by atomic mass is 32.2. The van der Waals surface area contributed by atoms with Crippen molar-refractivity contribution < 1.29 is 23.1 Å². The Hall–Kier alpha value is -4.46. The molecule has 222 valence electrons. The van der Waals surface area contributed by atoms with Crippen molar-refractivity contribution in [3.63, 3.8) is 0 Å². The van der Waals surface area contributed by atoms with Crippen LogP contribution in [0.3, 0.4) is 0 Å². The summed E-state index contributed by atoms with van der Waals surface area (Å²) < 4.78 is 35.4. The molecule has 2 amide bonds. The SMILES string of the molecule is CN(C)S(=O)(=O)N(CCO)c1cccc(-n2nc(C(C)(C)C)cc2NC(=O)Nc2ccc(Oc3ccncc3)cc2)c1. The van der Waals surface area contributed by atoms with Crippen molar-refractivity contribution in [2.45, 2.75) is 26.2 Å². The third-order valence-corrected chi connectivity index (χ3v) is 8.00. The van der Waals surface area contributed by atoms with E-state index in [0.29, 0.717) is 40.1 Å². The van der Waals surface area contributed by atoms with Gasteiger partial charge in [0.1, 0.15) is 17.3 Å². The van der Waals surface area contributed by atoms with Crippen molar-refractivity contribution in [2.75, 3.05) is 42.2 Å². The highest BCUT2D eigenvalue weighted by Crippen LogP contribution is 2.29. The average Bonchev–Trinajstić information content (AvgIpc) is 3.37. The Morgan fingerprint density at radius 3 is 2.26 bits per heavy atom. The quantitative estimate of drug-likeness (QED) is 0.244. The third kappa shape index (κ3) is 7.24. The maximum atomic E-state index is 13.0. The molecule has 0 unspecified atom stereocenters. The number of amides is 2. The van der Waals surface area contributed by atoms with Crippen LogP contribution in [0.5, 0.6) is 11.5 Å². The second-order valence-corrected chi connectivity index (χ2v) is 12.6. The van der Waals surface area contributed by atoms with E-state index in [-0.39, 0.29) is 18.6 Å². The number of nitrogens with one attached hydrogen (secondary N) is 2. The van der Waals surface area contributed by atoms with Gasteiger partial charge < -0.3 is 15.2 Å². The molecule has 2 aromatic heterocycles. The van der Waals surface area contributed by atoms with Gasteiger partial charge in [0, 0.05) is 43.7 Å². The van der Waals surface area contributed by atoms with Gasteiger partial charge in [-0.05, 0) is 54.6 Å². The lowest BCUT2D eigenvalue weighted by atomic mass is 9.92. The second kappa shape index (κ2) is 12.6. The van der Waals surface area contributed by atoms with Crippen LogP contribution in [-0.4, -0.2) is 65.9 Å². The van der Waals surface area contributed by atoms with Gasteiger partial charge >= 0.3 is 16.2 Å². The van der Waals surface area contributed by atoms with Crippen LogP contribution in [0.4, 0.5) is 22.0 Å². The number of carbonyl (C=O) groups excluding carboxylic acids is 1. The van der Waals surface area contributed by atoms with Crippen LogP contribution >= 0.6 is 0 Å².